The lowest BCUT2D eigenvalue weighted by Gasteiger charge is -2.26. The van der Waals surface area contributed by atoms with Crippen molar-refractivity contribution >= 4 is 11.6 Å². The second kappa shape index (κ2) is 6.69. The smallest absolute Gasteiger partial charge is 0.256 e. The summed E-state index contributed by atoms with van der Waals surface area (Å²) in [6, 6.07) is 7.67. The van der Waals surface area contributed by atoms with Crippen molar-refractivity contribution in [3.05, 3.63) is 24.3 Å². The quantitative estimate of drug-likeness (QED) is 0.897. The highest BCUT2D eigenvalue weighted by molar-refractivity contribution is 5.97. The first-order valence-electron chi connectivity index (χ1n) is 8.35. The molecule has 2 aliphatic rings. The number of hydrogen-bond acceptors (Lipinski definition) is 3. The third-order valence-corrected chi connectivity index (χ3v) is 4.93. The Bertz CT molecular complexity index is 500. The standard InChI is InChI=1S/C18H25NO3/c1-21-18(12-4-5-13-18)17(20)19-14-8-10-16(11-9-14)22-15-6-2-3-7-15/h8-11,15H,2-7,12-13H2,1H3,(H,19,20). The largest absolute Gasteiger partial charge is 0.490 e. The van der Waals surface area contributed by atoms with E-state index in [0.29, 0.717) is 6.10 Å². The van der Waals surface area contributed by atoms with Crippen LogP contribution >= 0.6 is 0 Å². The number of hydrogen-bond donors (Lipinski definition) is 1. The lowest BCUT2D eigenvalue weighted by atomic mass is 10.0. The van der Waals surface area contributed by atoms with E-state index in [2.05, 4.69) is 5.32 Å². The van der Waals surface area contributed by atoms with Gasteiger partial charge >= 0.3 is 0 Å². The van der Waals surface area contributed by atoms with Gasteiger partial charge in [-0.3, -0.25) is 4.79 Å². The van der Waals surface area contributed by atoms with Gasteiger partial charge in [0.25, 0.3) is 5.91 Å². The number of benzene rings is 1. The Hall–Kier alpha value is -1.55. The molecule has 1 amide bonds. The van der Waals surface area contributed by atoms with Crippen LogP contribution in [0.4, 0.5) is 5.69 Å². The van der Waals surface area contributed by atoms with E-state index in [9.17, 15) is 4.79 Å². The Kier molecular flexibility index (Phi) is 4.67. The van der Waals surface area contributed by atoms with Crippen LogP contribution in [-0.2, 0) is 9.53 Å². The number of nitrogens with one attached hydrogen (secondary N) is 1. The molecular formula is C18H25NO3. The van der Waals surface area contributed by atoms with Gasteiger partial charge < -0.3 is 14.8 Å². The average Bonchev–Trinajstić information content (AvgIpc) is 3.21. The van der Waals surface area contributed by atoms with Crippen LogP contribution in [0.25, 0.3) is 0 Å². The fourth-order valence-electron chi connectivity index (χ4n) is 3.53. The molecule has 22 heavy (non-hydrogen) atoms. The monoisotopic (exact) mass is 303 g/mol. The molecule has 0 saturated heterocycles. The summed E-state index contributed by atoms with van der Waals surface area (Å²) in [5.41, 5.74) is 0.158. The van der Waals surface area contributed by atoms with Crippen LogP contribution in [0.3, 0.4) is 0 Å². The zero-order valence-electron chi connectivity index (χ0n) is 13.3. The van der Waals surface area contributed by atoms with Crippen LogP contribution in [0.2, 0.25) is 0 Å². The highest BCUT2D eigenvalue weighted by Crippen LogP contribution is 2.34. The maximum Gasteiger partial charge on any atom is 0.256 e. The summed E-state index contributed by atoms with van der Waals surface area (Å²) in [6.07, 6.45) is 8.89. The third kappa shape index (κ3) is 3.27. The van der Waals surface area contributed by atoms with Crippen molar-refractivity contribution in [3.63, 3.8) is 0 Å². The Morgan fingerprint density at radius 3 is 2.32 bits per heavy atom. The maximum absolute atomic E-state index is 12.5. The van der Waals surface area contributed by atoms with E-state index in [1.165, 1.54) is 12.8 Å². The van der Waals surface area contributed by atoms with Crippen molar-refractivity contribution in [2.75, 3.05) is 12.4 Å². The van der Waals surface area contributed by atoms with Gasteiger partial charge in [0.05, 0.1) is 6.10 Å². The molecule has 1 N–H and O–H groups in total. The lowest BCUT2D eigenvalue weighted by Crippen LogP contribution is -2.42. The molecule has 0 unspecified atom stereocenters. The summed E-state index contributed by atoms with van der Waals surface area (Å²) >= 11 is 0. The van der Waals surface area contributed by atoms with Gasteiger partial charge in [0.1, 0.15) is 11.4 Å². The summed E-state index contributed by atoms with van der Waals surface area (Å²) in [5.74, 6) is 0.851. The van der Waals surface area contributed by atoms with Crippen molar-refractivity contribution < 1.29 is 14.3 Å². The van der Waals surface area contributed by atoms with Crippen molar-refractivity contribution in [2.24, 2.45) is 0 Å². The van der Waals surface area contributed by atoms with E-state index in [1.807, 2.05) is 24.3 Å². The molecule has 0 spiro atoms. The van der Waals surface area contributed by atoms with Gasteiger partial charge in [0.2, 0.25) is 0 Å². The molecule has 120 valence electrons. The first-order valence-corrected chi connectivity index (χ1v) is 8.35. The average molecular weight is 303 g/mol. The second-order valence-corrected chi connectivity index (χ2v) is 6.41. The molecule has 2 fully saturated rings. The van der Waals surface area contributed by atoms with E-state index in [-0.39, 0.29) is 5.91 Å². The number of amides is 1. The molecule has 3 rings (SSSR count). The van der Waals surface area contributed by atoms with Gasteiger partial charge in [-0.15, -0.1) is 0 Å². The normalized spacial score (nSPS) is 21.0. The minimum atomic E-state index is -0.640. The molecule has 0 aliphatic heterocycles. The topological polar surface area (TPSA) is 47.6 Å². The van der Waals surface area contributed by atoms with Gasteiger partial charge in [-0.1, -0.05) is 0 Å². The Morgan fingerprint density at radius 2 is 1.73 bits per heavy atom. The summed E-state index contributed by atoms with van der Waals surface area (Å²) < 4.78 is 11.4. The number of methoxy groups -OCH3 is 1. The molecule has 0 aromatic heterocycles. The molecule has 2 aliphatic carbocycles. The van der Waals surface area contributed by atoms with Crippen LogP contribution in [0.5, 0.6) is 5.75 Å². The molecular weight excluding hydrogens is 278 g/mol. The van der Waals surface area contributed by atoms with Crippen LogP contribution in [-0.4, -0.2) is 24.7 Å². The van der Waals surface area contributed by atoms with Gasteiger partial charge in [0, 0.05) is 12.8 Å². The zero-order valence-corrected chi connectivity index (χ0v) is 13.3. The molecule has 4 heteroatoms. The molecule has 4 nitrogen and oxygen atoms in total. The molecule has 2 saturated carbocycles. The number of carbonyl (C=O) groups excluding carboxylic acids is 1. The SMILES string of the molecule is COC1(C(=O)Nc2ccc(OC3CCCC3)cc2)CCCC1. The Morgan fingerprint density at radius 1 is 1.09 bits per heavy atom. The second-order valence-electron chi connectivity index (χ2n) is 6.41. The van der Waals surface area contributed by atoms with Crippen molar-refractivity contribution in [2.45, 2.75) is 63.1 Å². The van der Waals surface area contributed by atoms with Crippen molar-refractivity contribution in [1.29, 1.82) is 0 Å². The predicted molar refractivity (Wildman–Crippen MR) is 86.2 cm³/mol. The van der Waals surface area contributed by atoms with Crippen molar-refractivity contribution in [1.82, 2.24) is 0 Å². The molecule has 0 bridgehead atoms. The lowest BCUT2D eigenvalue weighted by molar-refractivity contribution is -0.136. The fourth-order valence-corrected chi connectivity index (χ4v) is 3.53. The molecule has 0 atom stereocenters. The van der Waals surface area contributed by atoms with Crippen LogP contribution in [0, 0.1) is 0 Å². The Labute approximate surface area is 132 Å². The highest BCUT2D eigenvalue weighted by Gasteiger charge is 2.41. The summed E-state index contributed by atoms with van der Waals surface area (Å²) in [7, 11) is 1.63. The van der Waals surface area contributed by atoms with Crippen LogP contribution in [0.1, 0.15) is 51.4 Å². The zero-order chi connectivity index (χ0) is 15.4. The van der Waals surface area contributed by atoms with E-state index >= 15 is 0 Å². The van der Waals surface area contributed by atoms with E-state index in [4.69, 9.17) is 9.47 Å². The van der Waals surface area contributed by atoms with E-state index in [1.54, 1.807) is 7.11 Å². The number of ether oxygens (including phenoxy) is 2. The van der Waals surface area contributed by atoms with E-state index in [0.717, 1.165) is 50.0 Å². The van der Waals surface area contributed by atoms with Crippen LogP contribution in [0.15, 0.2) is 24.3 Å². The molecule has 1 aromatic carbocycles. The number of anilines is 1. The van der Waals surface area contributed by atoms with Gasteiger partial charge in [-0.2, -0.15) is 0 Å². The molecule has 0 heterocycles. The minimum absolute atomic E-state index is 0.0306. The summed E-state index contributed by atoms with van der Waals surface area (Å²) in [5, 5.41) is 2.98. The number of rotatable bonds is 5. The number of carbonyl (C=O) groups is 1. The van der Waals surface area contributed by atoms with Gasteiger partial charge in [-0.05, 0) is 75.6 Å². The fraction of sp³-hybridized carbons (Fsp3) is 0.611. The minimum Gasteiger partial charge on any atom is -0.490 e. The van der Waals surface area contributed by atoms with Crippen molar-refractivity contribution in [3.8, 4) is 5.75 Å². The molecule has 0 radical (unpaired) electrons. The van der Waals surface area contributed by atoms with Crippen LogP contribution < -0.4 is 10.1 Å². The summed E-state index contributed by atoms with van der Waals surface area (Å²) in [4.78, 5) is 12.5. The first kappa shape index (κ1) is 15.3. The van der Waals surface area contributed by atoms with Gasteiger partial charge in [-0.25, -0.2) is 0 Å². The summed E-state index contributed by atoms with van der Waals surface area (Å²) in [6.45, 7) is 0. The highest BCUT2D eigenvalue weighted by atomic mass is 16.5. The molecule has 1 aromatic rings. The van der Waals surface area contributed by atoms with Gasteiger partial charge in [0.15, 0.2) is 0 Å². The Balaban J connectivity index is 1.59. The third-order valence-electron chi connectivity index (χ3n) is 4.93. The maximum atomic E-state index is 12.5. The predicted octanol–water partition coefficient (Wildman–Crippen LogP) is 3.91. The first-order chi connectivity index (χ1) is 10.7. The van der Waals surface area contributed by atoms with E-state index < -0.39 is 5.60 Å².